The van der Waals surface area contributed by atoms with E-state index in [-0.39, 0.29) is 0 Å². The van der Waals surface area contributed by atoms with Crippen LogP contribution >= 0.6 is 0 Å². The van der Waals surface area contributed by atoms with Crippen LogP contribution in [0, 0.1) is 0 Å². The van der Waals surface area contributed by atoms with E-state index in [1.807, 2.05) is 0 Å². The predicted molar refractivity (Wildman–Crippen MR) is 71.1 cm³/mol. The van der Waals surface area contributed by atoms with Crippen LogP contribution in [0.5, 0.6) is 0 Å². The molecule has 1 aromatic rings. The van der Waals surface area contributed by atoms with Crippen molar-refractivity contribution in [3.05, 3.63) is 11.9 Å². The second-order valence-corrected chi connectivity index (χ2v) is 4.86. The van der Waals surface area contributed by atoms with Gasteiger partial charge in [0.1, 0.15) is 18.0 Å². The van der Waals surface area contributed by atoms with Gasteiger partial charge in [-0.3, -0.25) is 0 Å². The van der Waals surface area contributed by atoms with E-state index in [9.17, 15) is 0 Å². The van der Waals surface area contributed by atoms with Crippen molar-refractivity contribution >= 4 is 11.6 Å². The highest BCUT2D eigenvalue weighted by molar-refractivity contribution is 5.56. The number of anilines is 2. The van der Waals surface area contributed by atoms with Gasteiger partial charge < -0.3 is 10.6 Å². The minimum absolute atomic E-state index is 0.625. The van der Waals surface area contributed by atoms with Crippen molar-refractivity contribution in [1.29, 1.82) is 0 Å². The molecular formula is C13H22N4. The molecule has 94 valence electrons. The van der Waals surface area contributed by atoms with E-state index >= 15 is 0 Å². The zero-order valence-electron chi connectivity index (χ0n) is 10.8. The van der Waals surface area contributed by atoms with Gasteiger partial charge in [-0.15, -0.1) is 0 Å². The van der Waals surface area contributed by atoms with Crippen molar-refractivity contribution < 1.29 is 0 Å². The summed E-state index contributed by atoms with van der Waals surface area (Å²) in [6, 6.07) is 0.625. The Morgan fingerprint density at radius 3 is 2.71 bits per heavy atom. The average Bonchev–Trinajstić information content (AvgIpc) is 2.85. The molecule has 1 saturated carbocycles. The largest absolute Gasteiger partial charge is 0.383 e. The highest BCUT2D eigenvalue weighted by Crippen LogP contribution is 2.29. The van der Waals surface area contributed by atoms with E-state index in [0.29, 0.717) is 11.9 Å². The summed E-state index contributed by atoms with van der Waals surface area (Å²) in [6.07, 6.45) is 8.81. The molecule has 0 atom stereocenters. The Balaban J connectivity index is 2.26. The van der Waals surface area contributed by atoms with E-state index in [4.69, 9.17) is 5.73 Å². The first-order chi connectivity index (χ1) is 8.24. The van der Waals surface area contributed by atoms with Crippen LogP contribution in [0.4, 0.5) is 11.6 Å². The zero-order chi connectivity index (χ0) is 12.3. The minimum atomic E-state index is 0.625. The Morgan fingerprint density at radius 2 is 2.06 bits per heavy atom. The normalized spacial score (nSPS) is 16.4. The Morgan fingerprint density at radius 1 is 1.35 bits per heavy atom. The molecule has 17 heavy (non-hydrogen) atoms. The maximum atomic E-state index is 5.97. The van der Waals surface area contributed by atoms with Crippen LogP contribution in [0.15, 0.2) is 6.33 Å². The van der Waals surface area contributed by atoms with Gasteiger partial charge in [0.2, 0.25) is 0 Å². The molecule has 0 spiro atoms. The molecule has 1 aliphatic rings. The van der Waals surface area contributed by atoms with E-state index < -0.39 is 0 Å². The maximum Gasteiger partial charge on any atom is 0.137 e. The lowest BCUT2D eigenvalue weighted by Gasteiger charge is -2.27. The van der Waals surface area contributed by atoms with Crippen LogP contribution in [-0.4, -0.2) is 23.1 Å². The van der Waals surface area contributed by atoms with Crippen LogP contribution in [0.3, 0.4) is 0 Å². The van der Waals surface area contributed by atoms with Crippen LogP contribution < -0.4 is 10.6 Å². The second kappa shape index (κ2) is 5.34. The summed E-state index contributed by atoms with van der Waals surface area (Å²) >= 11 is 0. The molecule has 0 amide bonds. The van der Waals surface area contributed by atoms with Gasteiger partial charge in [0.05, 0.1) is 0 Å². The smallest absolute Gasteiger partial charge is 0.137 e. The summed E-state index contributed by atoms with van der Waals surface area (Å²) in [5.74, 6) is 1.67. The lowest BCUT2D eigenvalue weighted by atomic mass is 10.1. The fourth-order valence-corrected chi connectivity index (χ4v) is 2.67. The first-order valence-electron chi connectivity index (χ1n) is 6.56. The molecule has 1 aliphatic carbocycles. The van der Waals surface area contributed by atoms with Crippen molar-refractivity contribution in [2.45, 2.75) is 51.5 Å². The van der Waals surface area contributed by atoms with Crippen molar-refractivity contribution in [2.75, 3.05) is 17.7 Å². The molecule has 4 nitrogen and oxygen atoms in total. The van der Waals surface area contributed by atoms with E-state index in [0.717, 1.165) is 24.2 Å². The van der Waals surface area contributed by atoms with Crippen LogP contribution in [0.1, 0.15) is 44.6 Å². The second-order valence-electron chi connectivity index (χ2n) is 4.86. The predicted octanol–water partition coefficient (Wildman–Crippen LogP) is 2.39. The van der Waals surface area contributed by atoms with Crippen LogP contribution in [-0.2, 0) is 6.42 Å². The van der Waals surface area contributed by atoms with Gasteiger partial charge in [-0.2, -0.15) is 0 Å². The number of nitrogens with zero attached hydrogens (tertiary/aromatic N) is 3. The summed E-state index contributed by atoms with van der Waals surface area (Å²) in [5, 5.41) is 0. The lowest BCUT2D eigenvalue weighted by Crippen LogP contribution is -2.31. The third-order valence-electron chi connectivity index (χ3n) is 3.66. The van der Waals surface area contributed by atoms with Gasteiger partial charge in [0.25, 0.3) is 0 Å². The minimum Gasteiger partial charge on any atom is -0.383 e. The molecule has 4 heteroatoms. The molecule has 1 heterocycles. The van der Waals surface area contributed by atoms with Gasteiger partial charge in [-0.1, -0.05) is 26.2 Å². The number of hydrogen-bond donors (Lipinski definition) is 1. The Bertz CT molecular complexity index is 372. The quantitative estimate of drug-likeness (QED) is 0.869. The molecule has 0 saturated heterocycles. The maximum absolute atomic E-state index is 5.97. The summed E-state index contributed by atoms with van der Waals surface area (Å²) in [5.41, 5.74) is 7.08. The van der Waals surface area contributed by atoms with Crippen molar-refractivity contribution in [3.63, 3.8) is 0 Å². The average molecular weight is 234 g/mol. The van der Waals surface area contributed by atoms with Crippen molar-refractivity contribution in [3.8, 4) is 0 Å². The van der Waals surface area contributed by atoms with Crippen LogP contribution in [0.25, 0.3) is 0 Å². The lowest BCUT2D eigenvalue weighted by molar-refractivity contribution is 0.641. The van der Waals surface area contributed by atoms with E-state index in [1.54, 1.807) is 6.33 Å². The first-order valence-corrected chi connectivity index (χ1v) is 6.56. The number of aromatic nitrogens is 2. The Labute approximate surface area is 103 Å². The molecule has 0 unspecified atom stereocenters. The molecule has 0 aliphatic heterocycles. The van der Waals surface area contributed by atoms with Gasteiger partial charge in [0, 0.05) is 18.7 Å². The fourth-order valence-electron chi connectivity index (χ4n) is 2.67. The summed E-state index contributed by atoms with van der Waals surface area (Å²) < 4.78 is 0. The molecule has 1 aromatic heterocycles. The molecule has 1 fully saturated rings. The molecule has 0 aromatic carbocycles. The van der Waals surface area contributed by atoms with Crippen LogP contribution in [0.2, 0.25) is 0 Å². The molecule has 2 N–H and O–H groups in total. The zero-order valence-corrected chi connectivity index (χ0v) is 10.8. The molecular weight excluding hydrogens is 212 g/mol. The summed E-state index contributed by atoms with van der Waals surface area (Å²) in [7, 11) is 2.14. The molecule has 2 rings (SSSR count). The molecule has 0 bridgehead atoms. The number of hydrogen-bond acceptors (Lipinski definition) is 4. The first kappa shape index (κ1) is 12.1. The SMILES string of the molecule is CCCc1c(N)ncnc1N(C)C1CCCC1. The van der Waals surface area contributed by atoms with E-state index in [2.05, 4.69) is 28.8 Å². The standard InChI is InChI=1S/C13H22N4/c1-3-6-11-12(14)15-9-16-13(11)17(2)10-7-4-5-8-10/h9-10H,3-8H2,1-2H3,(H2,14,15,16). The Hall–Kier alpha value is -1.32. The van der Waals surface area contributed by atoms with Gasteiger partial charge in [-0.25, -0.2) is 9.97 Å². The topological polar surface area (TPSA) is 55.0 Å². The molecule has 0 radical (unpaired) electrons. The fraction of sp³-hybridized carbons (Fsp3) is 0.692. The number of nitrogen functional groups attached to an aromatic ring is 1. The van der Waals surface area contributed by atoms with Gasteiger partial charge in [0.15, 0.2) is 0 Å². The Kier molecular flexibility index (Phi) is 3.82. The van der Waals surface area contributed by atoms with Crippen molar-refractivity contribution in [1.82, 2.24) is 9.97 Å². The summed E-state index contributed by atoms with van der Waals surface area (Å²) in [4.78, 5) is 10.8. The van der Waals surface area contributed by atoms with Crippen molar-refractivity contribution in [2.24, 2.45) is 0 Å². The highest BCUT2D eigenvalue weighted by atomic mass is 15.2. The van der Waals surface area contributed by atoms with Gasteiger partial charge in [-0.05, 0) is 19.3 Å². The highest BCUT2D eigenvalue weighted by Gasteiger charge is 2.23. The van der Waals surface area contributed by atoms with E-state index in [1.165, 1.54) is 25.7 Å². The third kappa shape index (κ3) is 2.51. The third-order valence-corrected chi connectivity index (χ3v) is 3.66. The summed E-state index contributed by atoms with van der Waals surface area (Å²) in [6.45, 7) is 2.16. The number of rotatable bonds is 4. The number of nitrogens with two attached hydrogens (primary N) is 1. The van der Waals surface area contributed by atoms with Gasteiger partial charge >= 0.3 is 0 Å². The monoisotopic (exact) mass is 234 g/mol.